The summed E-state index contributed by atoms with van der Waals surface area (Å²) in [6.45, 7) is 10.2. The molecule has 0 unspecified atom stereocenters. The van der Waals surface area contributed by atoms with Crippen molar-refractivity contribution >= 4 is 51.3 Å². The van der Waals surface area contributed by atoms with Crippen molar-refractivity contribution in [1.29, 1.82) is 0 Å². The fourth-order valence-corrected chi connectivity index (χ4v) is 7.94. The Morgan fingerprint density at radius 2 is 1.54 bits per heavy atom. The predicted octanol–water partition coefficient (Wildman–Crippen LogP) is 5.04. The van der Waals surface area contributed by atoms with E-state index in [0.717, 1.165) is 26.2 Å². The zero-order valence-corrected chi connectivity index (χ0v) is 30.2. The Balaban J connectivity index is 1.23. The predicted molar refractivity (Wildman–Crippen MR) is 182 cm³/mol. The number of hydrogen-bond acceptors (Lipinski definition) is 11. The molecule has 1 amide bonds. The minimum Gasteiger partial charge on any atom is -0.426 e. The summed E-state index contributed by atoms with van der Waals surface area (Å²) in [6, 6.07) is 6.93. The number of carbonyl (C=O) groups excluding carboxylic acids is 6. The lowest BCUT2D eigenvalue weighted by molar-refractivity contribution is -0.185. The molecule has 2 fully saturated rings. The van der Waals surface area contributed by atoms with Crippen LogP contribution in [0.5, 0.6) is 11.5 Å². The number of rotatable bonds is 7. The second-order valence-electron chi connectivity index (χ2n) is 13.6. The number of amides is 1. The maximum Gasteiger partial charge on any atom is 0.349 e. The van der Waals surface area contributed by atoms with Crippen molar-refractivity contribution in [3.05, 3.63) is 68.3 Å². The zero-order chi connectivity index (χ0) is 36.0. The van der Waals surface area contributed by atoms with Gasteiger partial charge < -0.3 is 28.7 Å². The number of ketones is 2. The first-order valence-electron chi connectivity index (χ1n) is 16.8. The molecule has 1 saturated heterocycles. The molecule has 0 radical (unpaired) electrons. The Morgan fingerprint density at radius 1 is 0.880 bits per heavy atom. The fourth-order valence-electron chi connectivity index (χ4n) is 7.41. The minimum atomic E-state index is -0.865. The van der Waals surface area contributed by atoms with Crippen molar-refractivity contribution in [3.8, 4) is 11.5 Å². The molecule has 2 aromatic carbocycles. The second kappa shape index (κ2) is 14.1. The lowest BCUT2D eigenvalue weighted by atomic mass is 9.75. The van der Waals surface area contributed by atoms with E-state index >= 15 is 0 Å². The van der Waals surface area contributed by atoms with E-state index in [2.05, 4.69) is 36.7 Å². The van der Waals surface area contributed by atoms with Crippen LogP contribution in [0.3, 0.4) is 0 Å². The van der Waals surface area contributed by atoms with Crippen LogP contribution in [-0.2, 0) is 23.9 Å². The van der Waals surface area contributed by atoms with Crippen molar-refractivity contribution in [2.24, 2.45) is 17.8 Å². The summed E-state index contributed by atoms with van der Waals surface area (Å²) in [5.41, 5.74) is 0.235. The van der Waals surface area contributed by atoms with E-state index in [9.17, 15) is 28.8 Å². The smallest absolute Gasteiger partial charge is 0.349 e. The van der Waals surface area contributed by atoms with Gasteiger partial charge in [0.25, 0.3) is 5.91 Å². The molecule has 12 nitrogen and oxygen atoms in total. The van der Waals surface area contributed by atoms with Gasteiger partial charge in [0, 0.05) is 56.7 Å². The van der Waals surface area contributed by atoms with Gasteiger partial charge >= 0.3 is 17.9 Å². The lowest BCUT2D eigenvalue weighted by Crippen LogP contribution is -2.50. The highest BCUT2D eigenvalue weighted by Crippen LogP contribution is 2.41. The van der Waals surface area contributed by atoms with E-state index in [-0.39, 0.29) is 58.5 Å². The number of ether oxygens (including phenoxy) is 4. The van der Waals surface area contributed by atoms with Crippen LogP contribution in [0.25, 0.3) is 0 Å². The summed E-state index contributed by atoms with van der Waals surface area (Å²) in [6.07, 6.45) is 2.15. The summed E-state index contributed by atoms with van der Waals surface area (Å²) >= 11 is 3.43. The lowest BCUT2D eigenvalue weighted by Gasteiger charge is -2.41. The Kier molecular flexibility index (Phi) is 10.0. The fraction of sp³-hybridized carbons (Fsp3) is 0.459. The first kappa shape index (κ1) is 35.5. The van der Waals surface area contributed by atoms with Gasteiger partial charge in [-0.15, -0.1) is 0 Å². The molecule has 264 valence electrons. The molecule has 4 atom stereocenters. The standard InChI is InChI=1S/C37H39BrN2O10/c1-18(2)23-10-9-19(3)15-27(23)49-37-32(31(38)36(46)50-37)39-11-13-40(14-12-39)35(45)22-16-25-30(28(17-22)48-21(5)42)34(44)29-24(33(25)43)7-6-8-26(29)47-20(4)41/h6-8,16-19,23,27,37H,9-15H2,1-5H3/t19-,23+,27-,37+/m1/s1. The van der Waals surface area contributed by atoms with E-state index in [1.165, 1.54) is 37.3 Å². The Morgan fingerprint density at radius 3 is 2.20 bits per heavy atom. The first-order chi connectivity index (χ1) is 23.7. The van der Waals surface area contributed by atoms with Crippen LogP contribution in [0.2, 0.25) is 0 Å². The van der Waals surface area contributed by atoms with Crippen LogP contribution in [0.4, 0.5) is 0 Å². The summed E-state index contributed by atoms with van der Waals surface area (Å²) in [5.74, 6) is -2.70. The molecule has 0 aromatic heterocycles. The van der Waals surface area contributed by atoms with Gasteiger partial charge in [0.15, 0.2) is 5.78 Å². The van der Waals surface area contributed by atoms with Crippen molar-refractivity contribution in [1.82, 2.24) is 9.80 Å². The van der Waals surface area contributed by atoms with Crippen LogP contribution in [-0.4, -0.2) is 83.8 Å². The number of piperazine rings is 1. The molecule has 2 aliphatic carbocycles. The van der Waals surface area contributed by atoms with Crippen LogP contribution in [0.15, 0.2) is 40.5 Å². The maximum atomic E-state index is 13.9. The highest BCUT2D eigenvalue weighted by molar-refractivity contribution is 9.12. The molecule has 0 spiro atoms. The average molecular weight is 752 g/mol. The molecule has 0 N–H and O–H groups in total. The third-order valence-corrected chi connectivity index (χ3v) is 10.6. The SMILES string of the molecule is CC(=O)Oc1cccc2c1C(=O)c1c(OC(C)=O)cc(C(=O)N3CCN(C4=C(Br)C(=O)O[C@@H]4O[C@@H]4C[C@H](C)CC[C@H]4C(C)C)CC3)cc1C2=O. The van der Waals surface area contributed by atoms with E-state index in [4.69, 9.17) is 18.9 Å². The number of fused-ring (bicyclic) bond motifs is 2. The highest BCUT2D eigenvalue weighted by Gasteiger charge is 2.43. The molecular formula is C37H39BrN2O10. The van der Waals surface area contributed by atoms with Gasteiger partial charge in [-0.3, -0.25) is 24.0 Å². The molecule has 0 bridgehead atoms. The van der Waals surface area contributed by atoms with E-state index in [1.54, 1.807) is 4.90 Å². The van der Waals surface area contributed by atoms with E-state index in [0.29, 0.717) is 41.0 Å². The van der Waals surface area contributed by atoms with Crippen molar-refractivity contribution in [2.75, 3.05) is 26.2 Å². The van der Waals surface area contributed by atoms with E-state index < -0.39 is 41.7 Å². The summed E-state index contributed by atoms with van der Waals surface area (Å²) in [5, 5.41) is 0. The Labute approximate surface area is 298 Å². The molecule has 6 rings (SSSR count). The summed E-state index contributed by atoms with van der Waals surface area (Å²) in [7, 11) is 0. The van der Waals surface area contributed by atoms with Crippen molar-refractivity contribution < 1.29 is 47.7 Å². The van der Waals surface area contributed by atoms with E-state index in [1.807, 2.05) is 4.90 Å². The third kappa shape index (κ3) is 6.72. The van der Waals surface area contributed by atoms with Gasteiger partial charge in [0.05, 0.1) is 17.2 Å². The Hall–Kier alpha value is -4.36. The van der Waals surface area contributed by atoms with Gasteiger partial charge in [0.1, 0.15) is 21.7 Å². The van der Waals surface area contributed by atoms with Crippen LogP contribution in [0.1, 0.15) is 96.1 Å². The summed E-state index contributed by atoms with van der Waals surface area (Å²) in [4.78, 5) is 81.6. The molecule has 50 heavy (non-hydrogen) atoms. The number of nitrogens with zero attached hydrogens (tertiary/aromatic N) is 2. The molecule has 2 aliphatic heterocycles. The molecule has 2 aromatic rings. The molecular weight excluding hydrogens is 712 g/mol. The Bertz CT molecular complexity index is 1830. The number of hydrogen-bond donors (Lipinski definition) is 0. The van der Waals surface area contributed by atoms with Crippen LogP contribution >= 0.6 is 15.9 Å². The van der Waals surface area contributed by atoms with Crippen LogP contribution in [0, 0.1) is 17.8 Å². The minimum absolute atomic E-state index is 0.000378. The third-order valence-electron chi connectivity index (χ3n) is 9.83. The number of esters is 3. The maximum absolute atomic E-state index is 13.9. The number of halogens is 1. The van der Waals surface area contributed by atoms with Gasteiger partial charge in [-0.25, -0.2) is 4.79 Å². The molecule has 13 heteroatoms. The normalized spacial score (nSPS) is 23.5. The summed E-state index contributed by atoms with van der Waals surface area (Å²) < 4.78 is 23.1. The quantitative estimate of drug-likeness (QED) is 0.237. The average Bonchev–Trinajstić information content (AvgIpc) is 3.33. The first-order valence-corrected chi connectivity index (χ1v) is 17.6. The zero-order valence-electron chi connectivity index (χ0n) is 28.6. The second-order valence-corrected chi connectivity index (χ2v) is 14.4. The highest BCUT2D eigenvalue weighted by atomic mass is 79.9. The molecule has 4 aliphatic rings. The monoisotopic (exact) mass is 750 g/mol. The number of cyclic esters (lactones) is 1. The van der Waals surface area contributed by atoms with Crippen molar-refractivity contribution in [3.63, 3.8) is 0 Å². The van der Waals surface area contributed by atoms with Gasteiger partial charge in [-0.1, -0.05) is 39.3 Å². The van der Waals surface area contributed by atoms with Crippen LogP contribution < -0.4 is 9.47 Å². The molecule has 2 heterocycles. The number of carbonyl (C=O) groups is 6. The topological polar surface area (TPSA) is 146 Å². The molecule has 1 saturated carbocycles. The van der Waals surface area contributed by atoms with Gasteiger partial charge in [-0.2, -0.15) is 0 Å². The number of benzene rings is 2. The van der Waals surface area contributed by atoms with Crippen molar-refractivity contribution in [2.45, 2.75) is 66.3 Å². The van der Waals surface area contributed by atoms with Gasteiger partial charge in [-0.05, 0) is 64.7 Å². The van der Waals surface area contributed by atoms with Gasteiger partial charge in [0.2, 0.25) is 12.1 Å². The largest absolute Gasteiger partial charge is 0.426 e.